The van der Waals surface area contributed by atoms with Gasteiger partial charge in [-0.25, -0.2) is 0 Å². The fourth-order valence-electron chi connectivity index (χ4n) is 1.96. The van der Waals surface area contributed by atoms with Crippen molar-refractivity contribution in [2.75, 3.05) is 20.2 Å². The predicted molar refractivity (Wildman–Crippen MR) is 58.4 cm³/mol. The van der Waals surface area contributed by atoms with Gasteiger partial charge in [-0.1, -0.05) is 30.3 Å². The predicted octanol–water partition coefficient (Wildman–Crippen LogP) is 1.18. The number of rotatable bonds is 1. The van der Waals surface area contributed by atoms with Crippen LogP contribution >= 0.6 is 0 Å². The molecule has 1 fully saturated rings. The van der Waals surface area contributed by atoms with Crippen molar-refractivity contribution >= 4 is 0 Å². The van der Waals surface area contributed by atoms with E-state index in [2.05, 4.69) is 4.90 Å². The van der Waals surface area contributed by atoms with E-state index in [1.807, 2.05) is 44.3 Å². The van der Waals surface area contributed by atoms with Crippen molar-refractivity contribution in [3.05, 3.63) is 35.9 Å². The van der Waals surface area contributed by atoms with Crippen LogP contribution in [0.4, 0.5) is 0 Å². The van der Waals surface area contributed by atoms with Crippen LogP contribution in [0.1, 0.15) is 12.5 Å². The lowest BCUT2D eigenvalue weighted by Crippen LogP contribution is -2.55. The fraction of sp³-hybridized carbons (Fsp3) is 0.500. The van der Waals surface area contributed by atoms with E-state index in [-0.39, 0.29) is 6.04 Å². The van der Waals surface area contributed by atoms with Gasteiger partial charge >= 0.3 is 0 Å². The van der Waals surface area contributed by atoms with Gasteiger partial charge in [0.25, 0.3) is 0 Å². The van der Waals surface area contributed by atoms with Gasteiger partial charge in [-0.3, -0.25) is 4.90 Å². The minimum absolute atomic E-state index is 0.0337. The maximum Gasteiger partial charge on any atom is 0.208 e. The number of aliphatic hydroxyl groups is 1. The first-order valence-electron chi connectivity index (χ1n) is 5.26. The first-order valence-corrected chi connectivity index (χ1v) is 5.26. The van der Waals surface area contributed by atoms with E-state index < -0.39 is 5.79 Å². The highest BCUT2D eigenvalue weighted by molar-refractivity contribution is 5.22. The summed E-state index contributed by atoms with van der Waals surface area (Å²) in [6, 6.07) is 9.53. The van der Waals surface area contributed by atoms with Crippen molar-refractivity contribution in [2.24, 2.45) is 0 Å². The summed E-state index contributed by atoms with van der Waals surface area (Å²) in [4.78, 5) is 2.11. The Morgan fingerprint density at radius 2 is 2.07 bits per heavy atom. The molecule has 82 valence electrons. The molecular weight excluding hydrogens is 190 g/mol. The Labute approximate surface area is 90.3 Å². The summed E-state index contributed by atoms with van der Waals surface area (Å²) >= 11 is 0. The highest BCUT2D eigenvalue weighted by Gasteiger charge is 2.41. The molecule has 1 N–H and O–H groups in total. The van der Waals surface area contributed by atoms with Crippen LogP contribution in [0.25, 0.3) is 0 Å². The largest absolute Gasteiger partial charge is 0.361 e. The molecule has 3 heteroatoms. The molecule has 0 spiro atoms. The van der Waals surface area contributed by atoms with Gasteiger partial charge in [0.1, 0.15) is 0 Å². The van der Waals surface area contributed by atoms with E-state index in [0.29, 0.717) is 6.61 Å². The third-order valence-corrected chi connectivity index (χ3v) is 3.18. The Morgan fingerprint density at radius 3 is 2.73 bits per heavy atom. The summed E-state index contributed by atoms with van der Waals surface area (Å²) in [7, 11) is 2.00. The lowest BCUT2D eigenvalue weighted by atomic mass is 9.97. The van der Waals surface area contributed by atoms with Crippen LogP contribution in [0.5, 0.6) is 0 Å². The van der Waals surface area contributed by atoms with Crippen LogP contribution in [0.3, 0.4) is 0 Å². The van der Waals surface area contributed by atoms with E-state index in [9.17, 15) is 5.11 Å². The molecule has 0 unspecified atom stereocenters. The Bertz CT molecular complexity index is 328. The maximum atomic E-state index is 10.5. The zero-order valence-corrected chi connectivity index (χ0v) is 9.18. The molecule has 0 bridgehead atoms. The molecule has 1 aromatic carbocycles. The second-order valence-electron chi connectivity index (χ2n) is 4.07. The summed E-state index contributed by atoms with van der Waals surface area (Å²) in [6.07, 6.45) is 0. The summed E-state index contributed by atoms with van der Waals surface area (Å²) in [5, 5.41) is 10.5. The molecule has 1 saturated heterocycles. The highest BCUT2D eigenvalue weighted by Crippen LogP contribution is 2.31. The van der Waals surface area contributed by atoms with Crippen molar-refractivity contribution in [2.45, 2.75) is 18.8 Å². The third-order valence-electron chi connectivity index (χ3n) is 3.18. The third kappa shape index (κ3) is 1.78. The van der Waals surface area contributed by atoms with Gasteiger partial charge < -0.3 is 9.84 Å². The van der Waals surface area contributed by atoms with Crippen LogP contribution in [-0.4, -0.2) is 36.2 Å². The Morgan fingerprint density at radius 1 is 1.40 bits per heavy atom. The lowest BCUT2D eigenvalue weighted by molar-refractivity contribution is -0.271. The van der Waals surface area contributed by atoms with Crippen LogP contribution in [0.2, 0.25) is 0 Å². The van der Waals surface area contributed by atoms with Crippen molar-refractivity contribution < 1.29 is 9.84 Å². The normalized spacial score (nSPS) is 32.9. The van der Waals surface area contributed by atoms with Gasteiger partial charge in [0, 0.05) is 12.1 Å². The molecule has 0 aliphatic carbocycles. The minimum Gasteiger partial charge on any atom is -0.361 e. The van der Waals surface area contributed by atoms with Crippen LogP contribution < -0.4 is 0 Å². The molecule has 1 heterocycles. The Hall–Kier alpha value is -0.900. The van der Waals surface area contributed by atoms with E-state index in [1.165, 1.54) is 0 Å². The van der Waals surface area contributed by atoms with Crippen LogP contribution in [0, 0.1) is 0 Å². The molecule has 0 amide bonds. The topological polar surface area (TPSA) is 32.7 Å². The molecule has 2 rings (SSSR count). The molecular formula is C12H17NO2. The van der Waals surface area contributed by atoms with Crippen LogP contribution in [0.15, 0.2) is 30.3 Å². The standard InChI is InChI=1S/C12H17NO2/c1-10-12(14,15-9-8-13(10)2)11-6-4-3-5-7-11/h3-7,10,14H,8-9H2,1-2H3/t10-,12-/m1/s1. The number of hydrogen-bond donors (Lipinski definition) is 1. The molecule has 2 atom stereocenters. The van der Waals surface area contributed by atoms with Gasteiger partial charge in [0.2, 0.25) is 5.79 Å². The number of hydrogen-bond acceptors (Lipinski definition) is 3. The van der Waals surface area contributed by atoms with Gasteiger partial charge in [0.05, 0.1) is 12.6 Å². The molecule has 1 aromatic rings. The number of morpholine rings is 1. The number of nitrogens with zero attached hydrogens (tertiary/aromatic N) is 1. The summed E-state index contributed by atoms with van der Waals surface area (Å²) < 4.78 is 5.55. The van der Waals surface area contributed by atoms with E-state index >= 15 is 0 Å². The second-order valence-corrected chi connectivity index (χ2v) is 4.07. The molecule has 1 aliphatic rings. The van der Waals surface area contributed by atoms with Crippen molar-refractivity contribution in [3.63, 3.8) is 0 Å². The average molecular weight is 207 g/mol. The molecule has 1 aliphatic heterocycles. The monoisotopic (exact) mass is 207 g/mol. The van der Waals surface area contributed by atoms with E-state index in [0.717, 1.165) is 12.1 Å². The quantitative estimate of drug-likeness (QED) is 0.750. The molecule has 0 saturated carbocycles. The smallest absolute Gasteiger partial charge is 0.208 e. The zero-order valence-electron chi connectivity index (χ0n) is 9.18. The lowest BCUT2D eigenvalue weighted by Gasteiger charge is -2.43. The van der Waals surface area contributed by atoms with Gasteiger partial charge in [-0.2, -0.15) is 0 Å². The summed E-state index contributed by atoms with van der Waals surface area (Å²) in [6.45, 7) is 3.40. The van der Waals surface area contributed by atoms with Crippen molar-refractivity contribution in [1.29, 1.82) is 0 Å². The van der Waals surface area contributed by atoms with Gasteiger partial charge in [0.15, 0.2) is 0 Å². The summed E-state index contributed by atoms with van der Waals surface area (Å²) in [5.41, 5.74) is 0.823. The first-order chi connectivity index (χ1) is 7.14. The maximum absolute atomic E-state index is 10.5. The SMILES string of the molecule is C[C@H]1N(C)CCO[C@@]1(O)c1ccccc1. The van der Waals surface area contributed by atoms with E-state index in [1.54, 1.807) is 0 Å². The van der Waals surface area contributed by atoms with Gasteiger partial charge in [-0.15, -0.1) is 0 Å². The summed E-state index contributed by atoms with van der Waals surface area (Å²) in [5.74, 6) is -1.17. The van der Waals surface area contributed by atoms with Gasteiger partial charge in [-0.05, 0) is 14.0 Å². The van der Waals surface area contributed by atoms with Crippen LogP contribution in [-0.2, 0) is 10.5 Å². The first kappa shape index (κ1) is 10.6. The number of likely N-dealkylation sites (N-methyl/N-ethyl adjacent to an activating group) is 1. The van der Waals surface area contributed by atoms with Crippen molar-refractivity contribution in [3.8, 4) is 0 Å². The Balaban J connectivity index is 2.32. The molecule has 0 aromatic heterocycles. The average Bonchev–Trinajstić information content (AvgIpc) is 2.27. The highest BCUT2D eigenvalue weighted by atomic mass is 16.6. The number of benzene rings is 1. The second kappa shape index (κ2) is 3.93. The Kier molecular flexibility index (Phi) is 2.78. The fourth-order valence-corrected chi connectivity index (χ4v) is 1.96. The van der Waals surface area contributed by atoms with Crippen molar-refractivity contribution in [1.82, 2.24) is 4.90 Å². The molecule has 0 radical (unpaired) electrons. The molecule has 15 heavy (non-hydrogen) atoms. The zero-order chi connectivity index (χ0) is 10.9. The molecule has 3 nitrogen and oxygen atoms in total. The minimum atomic E-state index is -1.17. The van der Waals surface area contributed by atoms with E-state index in [4.69, 9.17) is 4.74 Å². The number of ether oxygens (including phenoxy) is 1.